The minimum absolute atomic E-state index is 0.0484. The van der Waals surface area contributed by atoms with Crippen LogP contribution in [0.4, 0.5) is 18.9 Å². The van der Waals surface area contributed by atoms with Crippen molar-refractivity contribution in [3.63, 3.8) is 0 Å². The molecule has 9 heteroatoms. The highest BCUT2D eigenvalue weighted by Gasteiger charge is 2.30. The number of nitrogens with one attached hydrogen (secondary N) is 1. The van der Waals surface area contributed by atoms with E-state index in [0.717, 1.165) is 12.8 Å². The van der Waals surface area contributed by atoms with Gasteiger partial charge in [0.15, 0.2) is 0 Å². The average Bonchev–Trinajstić information content (AvgIpc) is 2.24. The summed E-state index contributed by atoms with van der Waals surface area (Å²) in [5.41, 5.74) is 5.20. The fraction of sp³-hybridized carbons (Fsp3) is 0.600. The highest BCUT2D eigenvalue weighted by Crippen LogP contribution is 2.25. The van der Waals surface area contributed by atoms with Gasteiger partial charge in [-0.05, 0) is 28.8 Å². The van der Waals surface area contributed by atoms with Crippen LogP contribution in [0.5, 0.6) is 0 Å². The lowest BCUT2D eigenvalue weighted by Gasteiger charge is -2.33. The third-order valence-corrected chi connectivity index (χ3v) is 3.61. The molecule has 0 amide bonds. The first kappa shape index (κ1) is 14.3. The molecule has 2 rings (SSSR count). The molecule has 5 nitrogen and oxygen atoms in total. The molecule has 1 aliphatic carbocycles. The van der Waals surface area contributed by atoms with E-state index in [2.05, 4.69) is 26.3 Å². The Labute approximate surface area is 115 Å². The zero-order valence-corrected chi connectivity index (χ0v) is 11.3. The second-order valence-corrected chi connectivity index (χ2v) is 5.32. The zero-order valence-electron chi connectivity index (χ0n) is 9.75. The topological polar surface area (TPSA) is 72.9 Å². The Morgan fingerprint density at radius 2 is 2.16 bits per heavy atom. The minimum atomic E-state index is -4.48. The number of rotatable bonds is 3. The van der Waals surface area contributed by atoms with E-state index in [9.17, 15) is 18.0 Å². The number of anilines is 1. The maximum atomic E-state index is 12.2. The molecule has 0 unspecified atom stereocenters. The summed E-state index contributed by atoms with van der Waals surface area (Å²) >= 11 is 3.00. The second-order valence-electron chi connectivity index (χ2n) is 4.52. The number of hydrogen-bond acceptors (Lipinski definition) is 4. The van der Waals surface area contributed by atoms with Crippen molar-refractivity contribution in [3.05, 3.63) is 21.0 Å². The number of aromatic nitrogens is 2. The van der Waals surface area contributed by atoms with Crippen molar-refractivity contribution >= 4 is 21.6 Å². The molecule has 0 aromatic carbocycles. The standard InChI is InChI=1S/C10H12BrF3N4O/c11-8-7(17-6-1-5(15)2-6)3-16-18(9(8)19)4-10(12,13)14/h3,5-6,17H,1-2,4,15H2. The van der Waals surface area contributed by atoms with Crippen molar-refractivity contribution in [2.45, 2.75) is 37.6 Å². The highest BCUT2D eigenvalue weighted by atomic mass is 79.9. The summed E-state index contributed by atoms with van der Waals surface area (Å²) < 4.78 is 37.1. The first-order chi connectivity index (χ1) is 8.76. The molecule has 0 bridgehead atoms. The molecule has 1 aliphatic rings. The molecule has 1 aromatic rings. The molecule has 3 N–H and O–H groups in total. The summed E-state index contributed by atoms with van der Waals surface area (Å²) in [6, 6.07) is 0.265. The van der Waals surface area contributed by atoms with Crippen LogP contribution in [0.15, 0.2) is 15.5 Å². The van der Waals surface area contributed by atoms with Crippen LogP contribution in [-0.4, -0.2) is 28.0 Å². The summed E-state index contributed by atoms with van der Waals surface area (Å²) in [5, 5.41) is 6.54. The molecular formula is C10H12BrF3N4O. The van der Waals surface area contributed by atoms with Gasteiger partial charge in [-0.1, -0.05) is 0 Å². The molecule has 1 saturated carbocycles. The van der Waals surface area contributed by atoms with Crippen molar-refractivity contribution in [1.82, 2.24) is 9.78 Å². The van der Waals surface area contributed by atoms with Crippen LogP contribution in [-0.2, 0) is 6.54 Å². The largest absolute Gasteiger partial charge is 0.408 e. The molecule has 0 radical (unpaired) electrons. The van der Waals surface area contributed by atoms with E-state index in [-0.39, 0.29) is 16.6 Å². The SMILES string of the molecule is NC1CC(Nc2cnn(CC(F)(F)F)c(=O)c2Br)C1. The fourth-order valence-corrected chi connectivity index (χ4v) is 2.27. The van der Waals surface area contributed by atoms with E-state index in [0.29, 0.717) is 10.4 Å². The van der Waals surface area contributed by atoms with Gasteiger partial charge in [-0.25, -0.2) is 4.68 Å². The van der Waals surface area contributed by atoms with Gasteiger partial charge in [0.2, 0.25) is 0 Å². The van der Waals surface area contributed by atoms with E-state index >= 15 is 0 Å². The molecule has 106 valence electrons. The maximum Gasteiger partial charge on any atom is 0.408 e. The Morgan fingerprint density at radius 1 is 1.53 bits per heavy atom. The van der Waals surface area contributed by atoms with Crippen molar-refractivity contribution in [2.75, 3.05) is 5.32 Å². The fourth-order valence-electron chi connectivity index (χ4n) is 1.85. The lowest BCUT2D eigenvalue weighted by molar-refractivity contribution is -0.143. The van der Waals surface area contributed by atoms with Gasteiger partial charge < -0.3 is 11.1 Å². The normalized spacial score (nSPS) is 23.0. The molecule has 1 aromatic heterocycles. The number of nitrogens with zero attached hydrogens (tertiary/aromatic N) is 2. The summed E-state index contributed by atoms with van der Waals surface area (Å²) in [6.07, 6.45) is -1.75. The van der Waals surface area contributed by atoms with E-state index in [4.69, 9.17) is 5.73 Å². The summed E-state index contributed by atoms with van der Waals surface area (Å²) in [7, 11) is 0. The average molecular weight is 341 g/mol. The van der Waals surface area contributed by atoms with Crippen LogP contribution in [0.25, 0.3) is 0 Å². The highest BCUT2D eigenvalue weighted by molar-refractivity contribution is 9.10. The van der Waals surface area contributed by atoms with E-state index in [1.54, 1.807) is 0 Å². The summed E-state index contributed by atoms with van der Waals surface area (Å²) in [4.78, 5) is 11.7. The lowest BCUT2D eigenvalue weighted by atomic mass is 9.87. The van der Waals surface area contributed by atoms with Gasteiger partial charge >= 0.3 is 6.18 Å². The van der Waals surface area contributed by atoms with E-state index in [1.165, 1.54) is 6.20 Å². The van der Waals surface area contributed by atoms with Crippen LogP contribution in [0.2, 0.25) is 0 Å². The van der Waals surface area contributed by atoms with Crippen molar-refractivity contribution in [2.24, 2.45) is 5.73 Å². The first-order valence-electron chi connectivity index (χ1n) is 5.61. The third kappa shape index (κ3) is 3.47. The Balaban J connectivity index is 2.15. The zero-order chi connectivity index (χ0) is 14.2. The molecule has 19 heavy (non-hydrogen) atoms. The van der Waals surface area contributed by atoms with Gasteiger partial charge in [0.05, 0.1) is 11.9 Å². The van der Waals surface area contributed by atoms with Gasteiger partial charge in [0.1, 0.15) is 11.0 Å². The van der Waals surface area contributed by atoms with Crippen LogP contribution in [0.1, 0.15) is 12.8 Å². The lowest BCUT2D eigenvalue weighted by Crippen LogP contribution is -2.44. The Morgan fingerprint density at radius 3 is 2.68 bits per heavy atom. The monoisotopic (exact) mass is 340 g/mol. The summed E-state index contributed by atoms with van der Waals surface area (Å²) in [6.45, 7) is -1.40. The smallest absolute Gasteiger partial charge is 0.380 e. The molecule has 0 saturated heterocycles. The van der Waals surface area contributed by atoms with Crippen LogP contribution < -0.4 is 16.6 Å². The minimum Gasteiger partial charge on any atom is -0.380 e. The van der Waals surface area contributed by atoms with Gasteiger partial charge in [-0.15, -0.1) is 0 Å². The van der Waals surface area contributed by atoms with E-state index in [1.807, 2.05) is 0 Å². The second kappa shape index (κ2) is 5.12. The number of hydrogen-bond donors (Lipinski definition) is 2. The third-order valence-electron chi connectivity index (χ3n) is 2.85. The maximum absolute atomic E-state index is 12.2. The molecule has 0 atom stereocenters. The predicted molar refractivity (Wildman–Crippen MR) is 66.9 cm³/mol. The van der Waals surface area contributed by atoms with Gasteiger partial charge in [-0.3, -0.25) is 4.79 Å². The van der Waals surface area contributed by atoms with Crippen molar-refractivity contribution in [3.8, 4) is 0 Å². The van der Waals surface area contributed by atoms with Crippen LogP contribution in [0, 0.1) is 0 Å². The number of halogens is 4. The molecule has 1 heterocycles. The number of nitrogens with two attached hydrogens (primary N) is 1. The first-order valence-corrected chi connectivity index (χ1v) is 6.40. The van der Waals surface area contributed by atoms with Crippen molar-refractivity contribution < 1.29 is 13.2 Å². The Hall–Kier alpha value is -1.09. The van der Waals surface area contributed by atoms with Crippen molar-refractivity contribution in [1.29, 1.82) is 0 Å². The van der Waals surface area contributed by atoms with Crippen LogP contribution in [0.3, 0.4) is 0 Å². The van der Waals surface area contributed by atoms with Crippen LogP contribution >= 0.6 is 15.9 Å². The van der Waals surface area contributed by atoms with E-state index < -0.39 is 18.3 Å². The van der Waals surface area contributed by atoms with Gasteiger partial charge in [-0.2, -0.15) is 18.3 Å². The Bertz CT molecular complexity index is 524. The van der Waals surface area contributed by atoms with Gasteiger partial charge in [0, 0.05) is 12.1 Å². The molecule has 0 spiro atoms. The molecular weight excluding hydrogens is 329 g/mol. The Kier molecular flexibility index (Phi) is 3.86. The van der Waals surface area contributed by atoms with Gasteiger partial charge in [0.25, 0.3) is 5.56 Å². The quantitative estimate of drug-likeness (QED) is 0.873. The number of alkyl halides is 3. The predicted octanol–water partition coefficient (Wildman–Crippen LogP) is 1.47. The molecule has 0 aliphatic heterocycles. The molecule has 1 fully saturated rings. The summed E-state index contributed by atoms with van der Waals surface area (Å²) in [5.74, 6) is 0.